The van der Waals surface area contributed by atoms with E-state index in [1.165, 1.54) is 22.5 Å². The highest BCUT2D eigenvalue weighted by Gasteiger charge is 2.13. The van der Waals surface area contributed by atoms with E-state index in [9.17, 15) is 0 Å². The molecule has 0 aliphatic carbocycles. The summed E-state index contributed by atoms with van der Waals surface area (Å²) in [5.74, 6) is 0. The summed E-state index contributed by atoms with van der Waals surface area (Å²) in [6.07, 6.45) is 9.81. The molecule has 1 aromatic heterocycles. The van der Waals surface area contributed by atoms with E-state index in [0.29, 0.717) is 0 Å². The van der Waals surface area contributed by atoms with Gasteiger partial charge in [-0.25, -0.2) is 0 Å². The lowest BCUT2D eigenvalue weighted by atomic mass is 10.1. The van der Waals surface area contributed by atoms with Gasteiger partial charge >= 0.3 is 0 Å². The minimum Gasteiger partial charge on any atom is -0.314 e. The summed E-state index contributed by atoms with van der Waals surface area (Å²) >= 11 is 0. The zero-order chi connectivity index (χ0) is 13.0. The summed E-state index contributed by atoms with van der Waals surface area (Å²) in [6, 6.07) is 0. The summed E-state index contributed by atoms with van der Waals surface area (Å²) in [6.45, 7) is 16.1. The van der Waals surface area contributed by atoms with Gasteiger partial charge in [0.1, 0.15) is 0 Å². The molecule has 0 amide bonds. The Balaban J connectivity index is 3.49. The molecule has 0 saturated heterocycles. The molecule has 0 spiro atoms. The Kier molecular flexibility index (Phi) is 4.33. The van der Waals surface area contributed by atoms with E-state index in [-0.39, 0.29) is 0 Å². The maximum Gasteiger partial charge on any atom is 0.0484 e. The van der Waals surface area contributed by atoms with Crippen molar-refractivity contribution in [2.24, 2.45) is 0 Å². The van der Waals surface area contributed by atoms with Gasteiger partial charge in [0, 0.05) is 17.1 Å². The first-order valence-electron chi connectivity index (χ1n) is 5.85. The van der Waals surface area contributed by atoms with Crippen LogP contribution in [0.5, 0.6) is 0 Å². The third kappa shape index (κ3) is 2.33. The van der Waals surface area contributed by atoms with Crippen molar-refractivity contribution in [3.05, 3.63) is 60.0 Å². The molecule has 17 heavy (non-hydrogen) atoms. The smallest absolute Gasteiger partial charge is 0.0484 e. The van der Waals surface area contributed by atoms with E-state index >= 15 is 0 Å². The maximum atomic E-state index is 3.91. The van der Waals surface area contributed by atoms with E-state index in [0.717, 1.165) is 5.70 Å². The number of rotatable bonds is 4. The largest absolute Gasteiger partial charge is 0.314 e. The predicted octanol–water partition coefficient (Wildman–Crippen LogP) is 4.66. The van der Waals surface area contributed by atoms with Crippen LogP contribution in [0.25, 0.3) is 11.8 Å². The lowest BCUT2D eigenvalue weighted by Gasteiger charge is -2.10. The molecule has 1 aromatic rings. The number of aromatic nitrogens is 1. The van der Waals surface area contributed by atoms with Crippen LogP contribution < -0.4 is 0 Å². The van der Waals surface area contributed by atoms with Crippen LogP contribution in [0.15, 0.2) is 37.5 Å². The highest BCUT2D eigenvalue weighted by atomic mass is 15.0. The van der Waals surface area contributed by atoms with Crippen LogP contribution in [-0.2, 0) is 0 Å². The summed E-state index contributed by atoms with van der Waals surface area (Å²) < 4.78 is 2.23. The molecule has 0 aliphatic rings. The fourth-order valence-corrected chi connectivity index (χ4v) is 2.02. The van der Waals surface area contributed by atoms with Crippen molar-refractivity contribution >= 4 is 11.8 Å². The second-order valence-electron chi connectivity index (χ2n) is 4.07. The molecule has 0 N–H and O–H groups in total. The Hall–Kier alpha value is -1.76. The second kappa shape index (κ2) is 5.53. The number of hydrogen-bond acceptors (Lipinski definition) is 0. The fraction of sp³-hybridized carbons (Fsp3) is 0.250. The normalized spacial score (nSPS) is 12.1. The van der Waals surface area contributed by atoms with Gasteiger partial charge in [-0.1, -0.05) is 31.4 Å². The summed E-state index contributed by atoms with van der Waals surface area (Å²) in [7, 11) is 0. The van der Waals surface area contributed by atoms with Crippen LogP contribution in [0.1, 0.15) is 29.4 Å². The van der Waals surface area contributed by atoms with Crippen molar-refractivity contribution in [3.63, 3.8) is 0 Å². The molecule has 0 aliphatic heterocycles. The van der Waals surface area contributed by atoms with Crippen LogP contribution in [0.3, 0.4) is 0 Å². The summed E-state index contributed by atoms with van der Waals surface area (Å²) in [5.41, 5.74) is 6.20. The molecule has 90 valence electrons. The molecule has 0 aromatic carbocycles. The van der Waals surface area contributed by atoms with Crippen LogP contribution >= 0.6 is 0 Å². The molecule has 1 rings (SSSR count). The van der Waals surface area contributed by atoms with Crippen molar-refractivity contribution in [2.45, 2.75) is 27.7 Å². The molecule has 1 nitrogen and oxygen atoms in total. The van der Waals surface area contributed by atoms with Crippen LogP contribution in [-0.4, -0.2) is 4.57 Å². The molecule has 1 heterocycles. The van der Waals surface area contributed by atoms with Crippen molar-refractivity contribution in [3.8, 4) is 0 Å². The van der Waals surface area contributed by atoms with Crippen LogP contribution in [0, 0.1) is 20.8 Å². The second-order valence-corrected chi connectivity index (χ2v) is 4.07. The third-order valence-electron chi connectivity index (χ3n) is 3.22. The first-order chi connectivity index (χ1) is 8.08. The Morgan fingerprint density at radius 1 is 1.12 bits per heavy atom. The standard InChI is InChI=1S/C16H21N/c1-7-10-11-15(8-2)17-14(6)12(4)13(5)16(17)9-3/h7-11H,1,3H2,2,4-6H3/b11-10-,15-8+. The zero-order valence-corrected chi connectivity index (χ0v) is 11.2. The van der Waals surface area contributed by atoms with E-state index in [1.54, 1.807) is 6.08 Å². The molecule has 1 heteroatoms. The van der Waals surface area contributed by atoms with E-state index in [4.69, 9.17) is 0 Å². The first-order valence-corrected chi connectivity index (χ1v) is 5.85. The van der Waals surface area contributed by atoms with Crippen molar-refractivity contribution in [1.82, 2.24) is 4.57 Å². The molecule has 0 atom stereocenters. The minimum absolute atomic E-state index is 1.15. The zero-order valence-electron chi connectivity index (χ0n) is 11.2. The molecular weight excluding hydrogens is 206 g/mol. The van der Waals surface area contributed by atoms with E-state index < -0.39 is 0 Å². The molecule has 0 fully saturated rings. The van der Waals surface area contributed by atoms with Crippen LogP contribution in [0.2, 0.25) is 0 Å². The Morgan fingerprint density at radius 2 is 1.76 bits per heavy atom. The van der Waals surface area contributed by atoms with Gasteiger partial charge in [-0.2, -0.15) is 0 Å². The van der Waals surface area contributed by atoms with Gasteiger partial charge in [0.15, 0.2) is 0 Å². The molecule has 0 bridgehead atoms. The number of allylic oxidation sites excluding steroid dienone is 5. The lowest BCUT2D eigenvalue weighted by molar-refractivity contribution is 1.03. The first kappa shape index (κ1) is 13.3. The topological polar surface area (TPSA) is 4.93 Å². The van der Waals surface area contributed by atoms with Crippen molar-refractivity contribution < 1.29 is 0 Å². The third-order valence-corrected chi connectivity index (χ3v) is 3.22. The van der Waals surface area contributed by atoms with Gasteiger partial charge in [0.25, 0.3) is 0 Å². The lowest BCUT2D eigenvalue weighted by Crippen LogP contribution is -2.00. The monoisotopic (exact) mass is 227 g/mol. The maximum absolute atomic E-state index is 3.91. The Morgan fingerprint density at radius 3 is 2.24 bits per heavy atom. The van der Waals surface area contributed by atoms with Gasteiger partial charge in [-0.3, -0.25) is 0 Å². The number of nitrogens with zero attached hydrogens (tertiary/aromatic N) is 1. The molecule has 0 saturated carbocycles. The Bertz CT molecular complexity index is 496. The van der Waals surface area contributed by atoms with Crippen molar-refractivity contribution in [2.75, 3.05) is 0 Å². The number of hydrogen-bond donors (Lipinski definition) is 0. The van der Waals surface area contributed by atoms with Gasteiger partial charge in [-0.05, 0) is 51.0 Å². The summed E-state index contributed by atoms with van der Waals surface area (Å²) in [4.78, 5) is 0. The van der Waals surface area contributed by atoms with Crippen molar-refractivity contribution in [1.29, 1.82) is 0 Å². The average Bonchev–Trinajstić information content (AvgIpc) is 2.55. The molecule has 0 unspecified atom stereocenters. The summed E-state index contributed by atoms with van der Waals surface area (Å²) in [5, 5.41) is 0. The van der Waals surface area contributed by atoms with Gasteiger partial charge in [0.2, 0.25) is 0 Å². The quantitative estimate of drug-likeness (QED) is 0.659. The van der Waals surface area contributed by atoms with Gasteiger partial charge in [-0.15, -0.1) is 0 Å². The van der Waals surface area contributed by atoms with E-state index in [1.807, 2.05) is 19.1 Å². The molecular formula is C16H21N. The Labute approximate surface area is 104 Å². The fourth-order valence-electron chi connectivity index (χ4n) is 2.02. The predicted molar refractivity (Wildman–Crippen MR) is 78.0 cm³/mol. The van der Waals surface area contributed by atoms with Gasteiger partial charge in [0.05, 0.1) is 0 Å². The van der Waals surface area contributed by atoms with Crippen LogP contribution in [0.4, 0.5) is 0 Å². The molecule has 0 radical (unpaired) electrons. The average molecular weight is 227 g/mol. The highest BCUT2D eigenvalue weighted by Crippen LogP contribution is 2.26. The van der Waals surface area contributed by atoms with E-state index in [2.05, 4.69) is 50.6 Å². The minimum atomic E-state index is 1.15. The van der Waals surface area contributed by atoms with Gasteiger partial charge < -0.3 is 4.57 Å². The SMILES string of the molecule is C=C/C=C\C(=C/C)n1c(C)c(C)c(C)c1C=C. The highest BCUT2D eigenvalue weighted by molar-refractivity contribution is 5.67.